The lowest BCUT2D eigenvalue weighted by atomic mass is 9.94. The van der Waals surface area contributed by atoms with Gasteiger partial charge < -0.3 is 4.90 Å². The van der Waals surface area contributed by atoms with E-state index < -0.39 is 6.04 Å². The van der Waals surface area contributed by atoms with Crippen LogP contribution in [0.5, 0.6) is 0 Å². The number of nitrogens with zero attached hydrogens (tertiary/aromatic N) is 1. The van der Waals surface area contributed by atoms with Gasteiger partial charge in [0.05, 0.1) is 0 Å². The first-order valence-corrected chi connectivity index (χ1v) is 9.16. The molecule has 0 aliphatic carbocycles. The zero-order valence-electron chi connectivity index (χ0n) is 14.9. The summed E-state index contributed by atoms with van der Waals surface area (Å²) in [6.07, 6.45) is 7.64. The van der Waals surface area contributed by atoms with Gasteiger partial charge in [0.25, 0.3) is 0 Å². The lowest BCUT2D eigenvalue weighted by Gasteiger charge is -2.25. The van der Waals surface area contributed by atoms with Gasteiger partial charge in [0.2, 0.25) is 17.7 Å². The third-order valence-corrected chi connectivity index (χ3v) is 4.76. The average molecular weight is 324 g/mol. The van der Waals surface area contributed by atoms with E-state index in [1.165, 1.54) is 12.8 Å². The summed E-state index contributed by atoms with van der Waals surface area (Å²) in [7, 11) is 0. The van der Waals surface area contributed by atoms with Crippen LogP contribution in [0.25, 0.3) is 0 Å². The molecule has 132 valence electrons. The zero-order valence-corrected chi connectivity index (χ0v) is 14.9. The molecule has 0 saturated carbocycles. The van der Waals surface area contributed by atoms with Crippen LogP contribution in [0.4, 0.5) is 0 Å². The van der Waals surface area contributed by atoms with Crippen molar-refractivity contribution in [3.05, 3.63) is 0 Å². The first kappa shape index (κ1) is 19.7. The minimum atomic E-state index is -0.504. The van der Waals surface area contributed by atoms with E-state index in [1.54, 1.807) is 4.90 Å². The molecule has 0 aromatic carbocycles. The van der Waals surface area contributed by atoms with Crippen LogP contribution < -0.4 is 5.32 Å². The van der Waals surface area contributed by atoms with Crippen molar-refractivity contribution in [1.82, 2.24) is 10.2 Å². The van der Waals surface area contributed by atoms with Gasteiger partial charge in [0.15, 0.2) is 0 Å². The van der Waals surface area contributed by atoms with Crippen molar-refractivity contribution in [2.24, 2.45) is 5.92 Å². The zero-order chi connectivity index (χ0) is 17.2. The number of hydrogen-bond acceptors (Lipinski definition) is 3. The maximum atomic E-state index is 12.3. The predicted molar refractivity (Wildman–Crippen MR) is 90.7 cm³/mol. The van der Waals surface area contributed by atoms with Gasteiger partial charge in [-0.05, 0) is 25.2 Å². The normalized spacial score (nSPS) is 17.2. The smallest absolute Gasteiger partial charge is 0.249 e. The fourth-order valence-corrected chi connectivity index (χ4v) is 3.21. The number of hydrogen-bond donors (Lipinski definition) is 1. The summed E-state index contributed by atoms with van der Waals surface area (Å²) in [6, 6.07) is -0.504. The van der Waals surface area contributed by atoms with Crippen molar-refractivity contribution in [2.75, 3.05) is 6.54 Å². The Morgan fingerprint density at radius 1 is 1.17 bits per heavy atom. The summed E-state index contributed by atoms with van der Waals surface area (Å²) in [5.41, 5.74) is 0. The second-order valence-corrected chi connectivity index (χ2v) is 6.48. The molecule has 1 aliphatic heterocycles. The molecular formula is C18H32N2O3. The molecule has 0 radical (unpaired) electrons. The van der Waals surface area contributed by atoms with Crippen LogP contribution in [0.1, 0.15) is 78.6 Å². The van der Waals surface area contributed by atoms with Gasteiger partial charge in [-0.25, -0.2) is 0 Å². The van der Waals surface area contributed by atoms with Crippen molar-refractivity contribution in [3.63, 3.8) is 0 Å². The van der Waals surface area contributed by atoms with Crippen molar-refractivity contribution in [1.29, 1.82) is 0 Å². The van der Waals surface area contributed by atoms with Gasteiger partial charge in [0.1, 0.15) is 6.04 Å². The Labute approximate surface area is 140 Å². The molecule has 0 unspecified atom stereocenters. The van der Waals surface area contributed by atoms with E-state index >= 15 is 0 Å². The highest BCUT2D eigenvalue weighted by Gasteiger charge is 2.32. The fourth-order valence-electron chi connectivity index (χ4n) is 3.21. The maximum Gasteiger partial charge on any atom is 0.249 e. The minimum absolute atomic E-state index is 0.0186. The number of nitrogens with one attached hydrogen (secondary N) is 1. The Bertz CT molecular complexity index is 409. The summed E-state index contributed by atoms with van der Waals surface area (Å²) in [5.74, 6) is 0.0346. The van der Waals surface area contributed by atoms with Crippen molar-refractivity contribution < 1.29 is 14.4 Å². The second kappa shape index (κ2) is 10.4. The molecule has 1 N–H and O–H groups in total. The molecule has 1 fully saturated rings. The van der Waals surface area contributed by atoms with Crippen LogP contribution in [0.2, 0.25) is 0 Å². The van der Waals surface area contributed by atoms with Crippen molar-refractivity contribution in [2.45, 2.75) is 84.6 Å². The lowest BCUT2D eigenvalue weighted by molar-refractivity contribution is -0.140. The lowest BCUT2D eigenvalue weighted by Crippen LogP contribution is -2.48. The Kier molecular flexibility index (Phi) is 8.89. The molecule has 0 aromatic rings. The van der Waals surface area contributed by atoms with E-state index in [1.807, 2.05) is 6.92 Å². The molecular weight excluding hydrogens is 292 g/mol. The molecule has 23 heavy (non-hydrogen) atoms. The van der Waals surface area contributed by atoms with Gasteiger partial charge in [-0.3, -0.25) is 19.7 Å². The third-order valence-electron chi connectivity index (χ3n) is 4.76. The number of carbonyl (C=O) groups excluding carboxylic acids is 3. The van der Waals surface area contributed by atoms with Crippen LogP contribution in [0, 0.1) is 5.92 Å². The second-order valence-electron chi connectivity index (χ2n) is 6.48. The number of likely N-dealkylation sites (tertiary alicyclic amines) is 1. The summed E-state index contributed by atoms with van der Waals surface area (Å²) in [6.45, 7) is 6.81. The molecule has 0 bridgehead atoms. The number of unbranched alkanes of at least 4 members (excludes halogenated alkanes) is 1. The highest BCUT2D eigenvalue weighted by atomic mass is 16.2. The molecule has 3 amide bonds. The standard InChI is InChI=1S/C18H32N2O3/c1-4-7-9-14(5-2)11-12-16(21)19-18(23)15(6-3)20-13-8-10-17(20)22/h14-15H,4-13H2,1-3H3,(H,19,21,23)/t14-,15-/m0/s1. The van der Waals surface area contributed by atoms with Crippen molar-refractivity contribution >= 4 is 17.7 Å². The SMILES string of the molecule is CCCC[C@H](CC)CCC(=O)NC(=O)[C@H](CC)N1CCCC1=O. The summed E-state index contributed by atoms with van der Waals surface area (Å²) < 4.78 is 0. The third kappa shape index (κ3) is 6.32. The highest BCUT2D eigenvalue weighted by molar-refractivity contribution is 5.99. The molecule has 1 rings (SSSR count). The van der Waals surface area contributed by atoms with Crippen LogP contribution >= 0.6 is 0 Å². The summed E-state index contributed by atoms with van der Waals surface area (Å²) in [5, 5.41) is 2.49. The van der Waals surface area contributed by atoms with Crippen LogP contribution in [0.3, 0.4) is 0 Å². The maximum absolute atomic E-state index is 12.3. The van der Waals surface area contributed by atoms with Gasteiger partial charge >= 0.3 is 0 Å². The van der Waals surface area contributed by atoms with Crippen LogP contribution in [-0.4, -0.2) is 35.2 Å². The van der Waals surface area contributed by atoms with Crippen LogP contribution in [-0.2, 0) is 14.4 Å². The Morgan fingerprint density at radius 2 is 1.91 bits per heavy atom. The monoisotopic (exact) mass is 324 g/mol. The number of imide groups is 1. The topological polar surface area (TPSA) is 66.5 Å². The van der Waals surface area contributed by atoms with E-state index in [9.17, 15) is 14.4 Å². The Hall–Kier alpha value is -1.39. The Balaban J connectivity index is 2.42. The molecule has 0 aromatic heterocycles. The molecule has 0 spiro atoms. The van der Waals surface area contributed by atoms with E-state index in [4.69, 9.17) is 0 Å². The molecule has 1 heterocycles. The predicted octanol–water partition coefficient (Wildman–Crippen LogP) is 3.03. The molecule has 5 nitrogen and oxygen atoms in total. The Morgan fingerprint density at radius 3 is 2.43 bits per heavy atom. The van der Waals surface area contributed by atoms with E-state index in [0.717, 1.165) is 25.7 Å². The van der Waals surface area contributed by atoms with E-state index in [0.29, 0.717) is 31.7 Å². The quantitative estimate of drug-likeness (QED) is 0.671. The number of carbonyl (C=O) groups is 3. The average Bonchev–Trinajstić information content (AvgIpc) is 2.94. The summed E-state index contributed by atoms with van der Waals surface area (Å²) in [4.78, 5) is 37.7. The van der Waals surface area contributed by atoms with Gasteiger partial charge in [-0.1, -0.05) is 46.5 Å². The molecule has 2 atom stereocenters. The minimum Gasteiger partial charge on any atom is -0.331 e. The van der Waals surface area contributed by atoms with Crippen LogP contribution in [0.15, 0.2) is 0 Å². The van der Waals surface area contributed by atoms with E-state index in [-0.39, 0.29) is 17.7 Å². The highest BCUT2D eigenvalue weighted by Crippen LogP contribution is 2.19. The van der Waals surface area contributed by atoms with Crippen molar-refractivity contribution in [3.8, 4) is 0 Å². The largest absolute Gasteiger partial charge is 0.331 e. The van der Waals surface area contributed by atoms with Gasteiger partial charge in [-0.2, -0.15) is 0 Å². The first-order chi connectivity index (χ1) is 11.0. The summed E-state index contributed by atoms with van der Waals surface area (Å²) >= 11 is 0. The molecule has 1 aliphatic rings. The number of amides is 3. The molecule has 5 heteroatoms. The number of rotatable bonds is 10. The molecule has 1 saturated heterocycles. The van der Waals surface area contributed by atoms with E-state index in [2.05, 4.69) is 19.2 Å². The fraction of sp³-hybridized carbons (Fsp3) is 0.833. The van der Waals surface area contributed by atoms with Gasteiger partial charge in [-0.15, -0.1) is 0 Å². The van der Waals surface area contributed by atoms with Gasteiger partial charge in [0, 0.05) is 19.4 Å². The first-order valence-electron chi connectivity index (χ1n) is 9.16.